The Morgan fingerprint density at radius 1 is 1.33 bits per heavy atom. The van der Waals surface area contributed by atoms with Gasteiger partial charge in [-0.3, -0.25) is 9.97 Å². The van der Waals surface area contributed by atoms with Gasteiger partial charge in [0, 0.05) is 24.6 Å². The highest BCUT2D eigenvalue weighted by Crippen LogP contribution is 2.22. The Kier molecular flexibility index (Phi) is 5.87. The molecule has 0 radical (unpaired) electrons. The Morgan fingerprint density at radius 3 is 2.81 bits per heavy atom. The standard InChI is InChI=1S/C16H17ClIN3/c1-11(2)6-13(9-18-3)21-10-12-7-14(17)16-15(8-12)19-4-5-20-16/h4-9,21H,3,10H2,1-2H3/b13-9+. The number of hydrogen-bond acceptors (Lipinski definition) is 3. The van der Waals surface area contributed by atoms with Crippen LogP contribution in [-0.2, 0) is 6.54 Å². The number of benzene rings is 1. The van der Waals surface area contributed by atoms with E-state index in [1.54, 1.807) is 12.4 Å². The molecule has 0 amide bonds. The summed E-state index contributed by atoms with van der Waals surface area (Å²) in [5, 5.41) is 4.06. The molecule has 0 saturated heterocycles. The van der Waals surface area contributed by atoms with Gasteiger partial charge >= 0.3 is 0 Å². The largest absolute Gasteiger partial charge is 0.381 e. The van der Waals surface area contributed by atoms with Gasteiger partial charge in [0.2, 0.25) is 0 Å². The predicted molar refractivity (Wildman–Crippen MR) is 100 cm³/mol. The maximum Gasteiger partial charge on any atom is 0.107 e. The van der Waals surface area contributed by atoms with Crippen molar-refractivity contribution in [3.63, 3.8) is 0 Å². The molecule has 0 saturated carbocycles. The molecule has 0 spiro atoms. The minimum Gasteiger partial charge on any atom is -0.381 e. The second-order valence-electron chi connectivity index (χ2n) is 4.80. The smallest absolute Gasteiger partial charge is 0.107 e. The van der Waals surface area contributed by atoms with E-state index >= 15 is 0 Å². The molecule has 0 aliphatic carbocycles. The highest BCUT2D eigenvalue weighted by molar-refractivity contribution is 14.2. The zero-order valence-corrected chi connectivity index (χ0v) is 14.9. The van der Waals surface area contributed by atoms with Crippen LogP contribution in [0.4, 0.5) is 0 Å². The van der Waals surface area contributed by atoms with Crippen molar-refractivity contribution < 1.29 is 0 Å². The van der Waals surface area contributed by atoms with Gasteiger partial charge in [0.15, 0.2) is 0 Å². The van der Waals surface area contributed by atoms with E-state index in [2.05, 4.69) is 43.8 Å². The molecule has 1 heterocycles. The van der Waals surface area contributed by atoms with Crippen molar-refractivity contribution in [1.82, 2.24) is 15.3 Å². The summed E-state index contributed by atoms with van der Waals surface area (Å²) in [7, 11) is 0. The number of rotatable bonds is 5. The number of nitrogens with zero attached hydrogens (tertiary/aromatic N) is 2. The molecule has 1 N–H and O–H groups in total. The molecule has 0 fully saturated rings. The minimum atomic E-state index is -0.150. The van der Waals surface area contributed by atoms with Gasteiger partial charge in [-0.05, 0) is 41.7 Å². The number of fused-ring (bicyclic) bond motifs is 1. The lowest BCUT2D eigenvalue weighted by Crippen LogP contribution is -2.11. The second kappa shape index (κ2) is 7.66. The second-order valence-corrected chi connectivity index (χ2v) is 6.71. The molecule has 1 aromatic heterocycles. The molecule has 3 nitrogen and oxygen atoms in total. The van der Waals surface area contributed by atoms with Crippen LogP contribution < -0.4 is 5.32 Å². The average molecular weight is 414 g/mol. The first kappa shape index (κ1) is 16.1. The fraction of sp³-hybridized carbons (Fsp3) is 0.188. The van der Waals surface area contributed by atoms with E-state index in [0.29, 0.717) is 11.6 Å². The lowest BCUT2D eigenvalue weighted by molar-refractivity contribution is 0.835. The molecule has 21 heavy (non-hydrogen) atoms. The van der Waals surface area contributed by atoms with Crippen LogP contribution in [0.15, 0.2) is 46.0 Å². The van der Waals surface area contributed by atoms with Crippen LogP contribution in [0.3, 0.4) is 0 Å². The summed E-state index contributed by atoms with van der Waals surface area (Å²) < 4.78 is 6.14. The maximum absolute atomic E-state index is 6.26. The Hall–Kier alpha value is -1.27. The highest BCUT2D eigenvalue weighted by atomic mass is 127. The number of halogens is 2. The summed E-state index contributed by atoms with van der Waals surface area (Å²) in [6.45, 7) is 4.87. The van der Waals surface area contributed by atoms with Gasteiger partial charge < -0.3 is 5.32 Å². The fourth-order valence-electron chi connectivity index (χ4n) is 1.91. The van der Waals surface area contributed by atoms with E-state index < -0.39 is 0 Å². The van der Waals surface area contributed by atoms with Crippen LogP contribution in [0, 0.1) is 0 Å². The topological polar surface area (TPSA) is 37.8 Å². The highest BCUT2D eigenvalue weighted by Gasteiger charge is 2.04. The van der Waals surface area contributed by atoms with E-state index in [0.717, 1.165) is 22.3 Å². The summed E-state index contributed by atoms with van der Waals surface area (Å²) in [5.74, 6) is 0. The zero-order chi connectivity index (χ0) is 15.2. The quantitative estimate of drug-likeness (QED) is 0.576. The maximum atomic E-state index is 6.26. The van der Waals surface area contributed by atoms with Crippen molar-refractivity contribution in [2.24, 2.45) is 0 Å². The molecule has 0 atom stereocenters. The number of nitrogens with one attached hydrogen (secondary N) is 1. The third-order valence-corrected chi connectivity index (χ3v) is 4.12. The predicted octanol–water partition coefficient (Wildman–Crippen LogP) is 4.58. The monoisotopic (exact) mass is 413 g/mol. The Morgan fingerprint density at radius 2 is 2.10 bits per heavy atom. The van der Waals surface area contributed by atoms with Crippen LogP contribution in [0.1, 0.15) is 19.4 Å². The molecular formula is C16H17ClIN3. The van der Waals surface area contributed by atoms with E-state index in [9.17, 15) is 0 Å². The third kappa shape index (κ3) is 4.61. The summed E-state index contributed by atoms with van der Waals surface area (Å²) in [6, 6.07) is 3.95. The van der Waals surface area contributed by atoms with Crippen LogP contribution in [0.25, 0.3) is 11.0 Å². The molecular weight excluding hydrogens is 397 g/mol. The molecule has 0 aliphatic rings. The van der Waals surface area contributed by atoms with E-state index in [1.165, 1.54) is 5.57 Å². The fourth-order valence-corrected chi connectivity index (χ4v) is 3.07. The number of hydrogen-bond donors (Lipinski definition) is 1. The van der Waals surface area contributed by atoms with E-state index in [4.69, 9.17) is 11.6 Å². The van der Waals surface area contributed by atoms with Gasteiger partial charge in [0.05, 0.1) is 10.5 Å². The van der Waals surface area contributed by atoms with Crippen molar-refractivity contribution in [3.05, 3.63) is 56.5 Å². The number of aromatic nitrogens is 2. The van der Waals surface area contributed by atoms with Crippen molar-refractivity contribution in [2.75, 3.05) is 0 Å². The van der Waals surface area contributed by atoms with Crippen LogP contribution in [0.2, 0.25) is 5.02 Å². The normalized spacial score (nSPS) is 11.5. The first-order valence-electron chi connectivity index (χ1n) is 6.45. The van der Waals surface area contributed by atoms with Gasteiger partial charge in [-0.15, -0.1) is 0 Å². The third-order valence-electron chi connectivity index (χ3n) is 2.72. The molecule has 0 unspecified atom stereocenters. The molecule has 5 heteroatoms. The Bertz CT molecular complexity index is 719. The van der Waals surface area contributed by atoms with Gasteiger partial charge in [0.1, 0.15) is 5.52 Å². The van der Waals surface area contributed by atoms with Gasteiger partial charge in [-0.1, -0.05) is 42.4 Å². The Labute approximate surface area is 139 Å². The minimum absolute atomic E-state index is 0.150. The van der Waals surface area contributed by atoms with Crippen molar-refractivity contribution in [2.45, 2.75) is 20.4 Å². The van der Waals surface area contributed by atoms with Gasteiger partial charge in [0.25, 0.3) is 0 Å². The lowest BCUT2D eigenvalue weighted by Gasteiger charge is -2.09. The molecule has 0 aliphatic heterocycles. The zero-order valence-electron chi connectivity index (χ0n) is 12.0. The lowest BCUT2D eigenvalue weighted by atomic mass is 10.2. The molecule has 2 rings (SSSR count). The van der Waals surface area contributed by atoms with E-state index in [1.807, 2.05) is 12.1 Å². The summed E-state index contributed by atoms with van der Waals surface area (Å²) in [6.07, 6.45) is 5.46. The SMILES string of the molecule is C=I/C=C(\C=C(C)C)NCc1cc(Cl)c2nccnc2c1. The molecule has 0 bridgehead atoms. The first-order chi connectivity index (χ1) is 10.1. The van der Waals surface area contributed by atoms with Crippen molar-refractivity contribution in [3.8, 4) is 0 Å². The molecule has 2 aromatic rings. The molecule has 1 aromatic carbocycles. The average Bonchev–Trinajstić information content (AvgIpc) is 2.44. The first-order valence-corrected chi connectivity index (χ1v) is 9.60. The van der Waals surface area contributed by atoms with Crippen molar-refractivity contribution >= 4 is 47.9 Å². The Balaban J connectivity index is 2.22. The molecule has 110 valence electrons. The van der Waals surface area contributed by atoms with Crippen molar-refractivity contribution in [1.29, 1.82) is 0 Å². The van der Waals surface area contributed by atoms with E-state index in [-0.39, 0.29) is 20.7 Å². The number of allylic oxidation sites excluding steroid dienone is 2. The summed E-state index contributed by atoms with van der Waals surface area (Å²) in [5.41, 5.74) is 5.02. The van der Waals surface area contributed by atoms with Gasteiger partial charge in [-0.2, -0.15) is 0 Å². The van der Waals surface area contributed by atoms with Gasteiger partial charge in [-0.25, -0.2) is 0 Å². The summed E-state index contributed by atoms with van der Waals surface area (Å²) in [4.78, 5) is 8.55. The van der Waals surface area contributed by atoms with Crippen LogP contribution in [-0.4, -0.2) is 14.5 Å². The van der Waals surface area contributed by atoms with Crippen LogP contribution >= 0.6 is 32.3 Å². The summed E-state index contributed by atoms with van der Waals surface area (Å²) >= 11 is 6.11. The van der Waals surface area contributed by atoms with Crippen LogP contribution in [0.5, 0.6) is 0 Å².